The molecule has 2 aliphatic carbocycles. The van der Waals surface area contributed by atoms with Gasteiger partial charge in [0.05, 0.1) is 23.8 Å². The predicted molar refractivity (Wildman–Crippen MR) is 156 cm³/mol. The summed E-state index contributed by atoms with van der Waals surface area (Å²) in [6.07, 6.45) is 5.51. The molecule has 2 N–H and O–H groups in total. The lowest BCUT2D eigenvalue weighted by molar-refractivity contribution is -0.142. The fourth-order valence-electron chi connectivity index (χ4n) is 6.18. The van der Waals surface area contributed by atoms with Gasteiger partial charge in [0.2, 0.25) is 21.8 Å². The van der Waals surface area contributed by atoms with Crippen LogP contribution in [-0.2, 0) is 42.1 Å². The monoisotopic (exact) mass is 634 g/mol. The molecule has 4 amide bonds. The average Bonchev–Trinajstić information content (AvgIpc) is 3.91. The second-order valence-electron chi connectivity index (χ2n) is 12.4. The molecule has 5 atom stereocenters. The molecule has 0 bridgehead atoms. The van der Waals surface area contributed by atoms with Crippen molar-refractivity contribution in [1.82, 2.24) is 19.8 Å². The van der Waals surface area contributed by atoms with E-state index in [1.165, 1.54) is 17.0 Å². The van der Waals surface area contributed by atoms with Crippen LogP contribution >= 0.6 is 0 Å². The third-order valence-electron chi connectivity index (χ3n) is 9.03. The van der Waals surface area contributed by atoms with Crippen LogP contribution < -0.4 is 10.0 Å². The largest absolute Gasteiger partial charge is 0.444 e. The highest BCUT2D eigenvalue weighted by Gasteiger charge is 2.62. The topological polar surface area (TPSA) is 142 Å². The summed E-state index contributed by atoms with van der Waals surface area (Å²) in [6, 6.07) is 2.12. The van der Waals surface area contributed by atoms with Crippen molar-refractivity contribution in [2.24, 2.45) is 11.8 Å². The first-order valence-corrected chi connectivity index (χ1v) is 16.7. The van der Waals surface area contributed by atoms with Crippen LogP contribution in [0.1, 0.15) is 81.3 Å². The molecule has 6 rings (SSSR count). The van der Waals surface area contributed by atoms with Gasteiger partial charge in [-0.3, -0.25) is 24.0 Å². The van der Waals surface area contributed by atoms with Gasteiger partial charge in [0.1, 0.15) is 23.5 Å². The van der Waals surface area contributed by atoms with Gasteiger partial charge in [-0.15, -0.1) is 0 Å². The first kappa shape index (κ1) is 25.8. The average molecular weight is 635 g/mol. The number of rotatable bonds is 4. The fourth-order valence-corrected chi connectivity index (χ4v) is 7.54. The molecule has 0 spiro atoms. The van der Waals surface area contributed by atoms with Crippen LogP contribution in [0.2, 0.25) is 0 Å². The lowest BCUT2D eigenvalue weighted by atomic mass is 10.0. The van der Waals surface area contributed by atoms with Gasteiger partial charge in [-0.25, -0.2) is 17.6 Å². The van der Waals surface area contributed by atoms with E-state index in [0.29, 0.717) is 19.3 Å². The predicted octanol–water partition coefficient (Wildman–Crippen LogP) is 2.89. The molecular weight excluding hydrogens is 591 g/mol. The maximum absolute atomic E-state index is 14.7. The first-order chi connectivity index (χ1) is 22.5. The Morgan fingerprint density at radius 3 is 2.70 bits per heavy atom. The number of carbonyl (C=O) groups excluding carboxylic acids is 4. The summed E-state index contributed by atoms with van der Waals surface area (Å²) in [7, 11) is -3.92. The van der Waals surface area contributed by atoms with Gasteiger partial charge in [-0.2, -0.15) is 0 Å². The molecule has 0 radical (unpaired) electrons. The zero-order valence-corrected chi connectivity index (χ0v) is 25.2. The molecule has 13 heteroatoms. The number of carbonyl (C=O) groups is 4. The molecule has 3 heterocycles. The minimum absolute atomic E-state index is 0.146. The number of sulfonamides is 1. The highest BCUT2D eigenvalue weighted by molar-refractivity contribution is 7.91. The van der Waals surface area contributed by atoms with Gasteiger partial charge in [0.15, 0.2) is 0 Å². The molecule has 44 heavy (non-hydrogen) atoms. The highest BCUT2D eigenvalue weighted by Crippen LogP contribution is 2.46. The van der Waals surface area contributed by atoms with Crippen molar-refractivity contribution >= 4 is 33.8 Å². The van der Waals surface area contributed by atoms with E-state index in [1.54, 1.807) is 13.0 Å². The molecule has 11 nitrogen and oxygen atoms in total. The Bertz CT molecular complexity index is 1670. The maximum Gasteiger partial charge on any atom is 0.410 e. The molecule has 1 saturated heterocycles. The van der Waals surface area contributed by atoms with E-state index in [4.69, 9.17) is 10.2 Å². The number of benzene rings is 1. The quantitative estimate of drug-likeness (QED) is 0.485. The van der Waals surface area contributed by atoms with Crippen LogP contribution in [0.3, 0.4) is 0 Å². The van der Waals surface area contributed by atoms with Crippen molar-refractivity contribution in [1.29, 1.82) is 0 Å². The van der Waals surface area contributed by atoms with E-state index < -0.39 is 93.0 Å². The van der Waals surface area contributed by atoms with E-state index in [0.717, 1.165) is 31.7 Å². The SMILES string of the molecule is [2H]C1([2H])c2cccc(F)c2C([2H])([2H])N1C(=O)O[C@@H]1C[C@H]2C(=O)N[C@]3(C(=O)NS(=O)(=O)C4CC4)C[C@H]3/C=C\CCCCC[C@H](C)C(=O)N2C1. The number of ether oxygens (including phenoxy) is 1. The Balaban J connectivity index is 1.25. The van der Waals surface area contributed by atoms with Crippen LogP contribution in [0.25, 0.3) is 0 Å². The summed E-state index contributed by atoms with van der Waals surface area (Å²) in [5, 5.41) is 2.06. The second kappa shape index (κ2) is 11.8. The molecule has 5 aliphatic rings. The summed E-state index contributed by atoms with van der Waals surface area (Å²) in [5.74, 6) is -4.04. The molecule has 0 unspecified atom stereocenters. The van der Waals surface area contributed by atoms with Crippen LogP contribution in [0.15, 0.2) is 30.4 Å². The number of nitrogens with one attached hydrogen (secondary N) is 2. The molecule has 238 valence electrons. The number of halogens is 1. The van der Waals surface area contributed by atoms with Crippen LogP contribution in [-0.4, -0.2) is 71.5 Å². The zero-order chi connectivity index (χ0) is 34.8. The van der Waals surface area contributed by atoms with Gasteiger partial charge >= 0.3 is 6.09 Å². The number of nitrogens with zero attached hydrogens (tertiary/aromatic N) is 2. The Morgan fingerprint density at radius 2 is 1.95 bits per heavy atom. The van der Waals surface area contributed by atoms with E-state index in [9.17, 15) is 32.0 Å². The van der Waals surface area contributed by atoms with Gasteiger partial charge in [0.25, 0.3) is 5.91 Å². The zero-order valence-electron chi connectivity index (χ0n) is 28.4. The molecule has 3 fully saturated rings. The number of hydrogen-bond acceptors (Lipinski definition) is 7. The van der Waals surface area contributed by atoms with E-state index in [1.807, 2.05) is 6.08 Å². The standard InChI is InChI=1S/C31H39FN4O7S/c1-19-8-5-3-2-4-6-10-21-15-31(21,29(39)34-44(41,42)23-12-13-23)33-27(37)26-14-22(17-36(26)28(19)38)43-30(40)35-16-20-9-7-11-25(32)24(20)18-35/h6-7,9-11,19,21-23,26H,2-5,8,12-18H2,1H3,(H,33,37)(H,34,39)/b10-6-/t19-,21+,22+,26-,31+/m0/s1/i16D2,18D2. The smallest absolute Gasteiger partial charge is 0.410 e. The second-order valence-corrected chi connectivity index (χ2v) is 14.3. The van der Waals surface area contributed by atoms with Gasteiger partial charge in [-0.1, -0.05) is 44.1 Å². The van der Waals surface area contributed by atoms with Gasteiger partial charge < -0.3 is 15.0 Å². The first-order valence-electron chi connectivity index (χ1n) is 17.2. The number of hydrogen-bond donors (Lipinski definition) is 2. The Kier molecular flexibility index (Phi) is 6.92. The maximum atomic E-state index is 14.7. The summed E-state index contributed by atoms with van der Waals surface area (Å²) in [5.41, 5.74) is -2.57. The number of amides is 4. The molecular formula is C31H39FN4O7S. The van der Waals surface area contributed by atoms with Crippen molar-refractivity contribution in [3.63, 3.8) is 0 Å². The van der Waals surface area contributed by atoms with Crippen LogP contribution in [0, 0.1) is 17.7 Å². The third-order valence-corrected chi connectivity index (χ3v) is 10.8. The summed E-state index contributed by atoms with van der Waals surface area (Å²) in [6.45, 7) is -4.24. The normalized spacial score (nSPS) is 35.1. The lowest BCUT2D eigenvalue weighted by Gasteiger charge is -2.28. The van der Waals surface area contributed by atoms with E-state index >= 15 is 0 Å². The number of allylic oxidation sites excluding steroid dienone is 1. The van der Waals surface area contributed by atoms with Gasteiger partial charge in [-0.05, 0) is 50.2 Å². The van der Waals surface area contributed by atoms with Crippen LogP contribution in [0.4, 0.5) is 9.18 Å². The van der Waals surface area contributed by atoms with Crippen molar-refractivity contribution in [2.75, 3.05) is 6.54 Å². The lowest BCUT2D eigenvalue weighted by Crippen LogP contribution is -2.57. The molecule has 3 aliphatic heterocycles. The van der Waals surface area contributed by atoms with Crippen molar-refractivity contribution in [3.05, 3.63) is 47.3 Å². The Labute approximate surface area is 262 Å². The third kappa shape index (κ3) is 6.07. The van der Waals surface area contributed by atoms with E-state index in [-0.39, 0.29) is 29.8 Å². The molecule has 1 aromatic rings. The minimum Gasteiger partial charge on any atom is -0.444 e. The Hall–Kier alpha value is -3.48. The summed E-state index contributed by atoms with van der Waals surface area (Å²) >= 11 is 0. The molecule has 2 saturated carbocycles. The fraction of sp³-hybridized carbons (Fsp3) is 0.613. The minimum atomic E-state index is -3.92. The molecule has 1 aromatic carbocycles. The van der Waals surface area contributed by atoms with Crippen molar-refractivity contribution in [3.8, 4) is 0 Å². The highest BCUT2D eigenvalue weighted by atomic mass is 32.2. The summed E-state index contributed by atoms with van der Waals surface area (Å²) < 4.78 is 81.6. The van der Waals surface area contributed by atoms with Crippen LogP contribution in [0.5, 0.6) is 0 Å². The molecule has 0 aromatic heterocycles. The Morgan fingerprint density at radius 1 is 1.16 bits per heavy atom. The van der Waals surface area contributed by atoms with Crippen molar-refractivity contribution in [2.45, 2.75) is 101 Å². The van der Waals surface area contributed by atoms with Crippen molar-refractivity contribution < 1.29 is 42.2 Å². The van der Waals surface area contributed by atoms with Gasteiger partial charge in [0, 0.05) is 30.3 Å². The van der Waals surface area contributed by atoms with E-state index in [2.05, 4.69) is 10.0 Å². The summed E-state index contributed by atoms with van der Waals surface area (Å²) in [4.78, 5) is 56.0. The number of fused-ring (bicyclic) bond motifs is 3.